The Morgan fingerprint density at radius 1 is 1.12 bits per heavy atom. The lowest BCUT2D eigenvalue weighted by molar-refractivity contribution is -0.133. The normalized spacial score (nSPS) is 16.0. The molecule has 0 saturated heterocycles. The Morgan fingerprint density at radius 3 is 2.47 bits per heavy atom. The first-order valence-corrected chi connectivity index (χ1v) is 13.7. The van der Waals surface area contributed by atoms with Gasteiger partial charge in [-0.15, -0.1) is 11.3 Å². The fraction of sp³-hybridized carbons (Fsp3) is 0.346. The van der Waals surface area contributed by atoms with Crippen LogP contribution in [0, 0.1) is 5.92 Å². The lowest BCUT2D eigenvalue weighted by atomic mass is 9.93. The summed E-state index contributed by atoms with van der Waals surface area (Å²) in [6, 6.07) is 18.1. The predicted octanol–water partition coefficient (Wildman–Crippen LogP) is 4.58. The van der Waals surface area contributed by atoms with Crippen LogP contribution in [-0.2, 0) is 21.2 Å². The summed E-state index contributed by atoms with van der Waals surface area (Å²) in [6.45, 7) is 4.52. The Morgan fingerprint density at radius 2 is 1.82 bits per heavy atom. The summed E-state index contributed by atoms with van der Waals surface area (Å²) in [6.07, 6.45) is 0.775. The highest BCUT2D eigenvalue weighted by molar-refractivity contribution is 7.89. The maximum atomic E-state index is 13.7. The summed E-state index contributed by atoms with van der Waals surface area (Å²) in [4.78, 5) is 17.0. The molecule has 2 heterocycles. The molecule has 0 fully saturated rings. The van der Waals surface area contributed by atoms with Gasteiger partial charge in [0.1, 0.15) is 5.75 Å². The highest BCUT2D eigenvalue weighted by Gasteiger charge is 2.35. The fourth-order valence-corrected chi connectivity index (χ4v) is 6.83. The van der Waals surface area contributed by atoms with Crippen LogP contribution in [0.5, 0.6) is 5.75 Å². The highest BCUT2D eigenvalue weighted by atomic mass is 32.2. The number of benzene rings is 2. The number of carbonyl (C=O) groups excluding carboxylic acids is 1. The van der Waals surface area contributed by atoms with Crippen LogP contribution < -0.4 is 4.74 Å². The van der Waals surface area contributed by atoms with Crippen molar-refractivity contribution in [3.8, 4) is 5.75 Å². The van der Waals surface area contributed by atoms with Crippen molar-refractivity contribution in [2.75, 3.05) is 26.7 Å². The molecule has 1 aliphatic heterocycles. The lowest BCUT2D eigenvalue weighted by Crippen LogP contribution is -2.47. The van der Waals surface area contributed by atoms with E-state index in [2.05, 4.69) is 11.4 Å². The molecule has 0 saturated carbocycles. The number of amides is 1. The van der Waals surface area contributed by atoms with Gasteiger partial charge < -0.3 is 9.64 Å². The molecule has 2 aromatic carbocycles. The van der Waals surface area contributed by atoms with Gasteiger partial charge in [0.2, 0.25) is 15.9 Å². The number of ether oxygens (including phenoxy) is 1. The van der Waals surface area contributed by atoms with E-state index in [0.29, 0.717) is 12.3 Å². The summed E-state index contributed by atoms with van der Waals surface area (Å²) in [5, 5.41) is 2.06. The van der Waals surface area contributed by atoms with Crippen LogP contribution in [-0.4, -0.2) is 50.3 Å². The SMILES string of the molecule is COc1ccc(S(=O)(=O)N(CC(=O)N2CCc3sccc3C2c2ccccc2)CC(C)C)cc1. The maximum absolute atomic E-state index is 13.7. The third-order valence-corrected chi connectivity index (χ3v) is 8.80. The third-order valence-electron chi connectivity index (χ3n) is 5.98. The zero-order chi connectivity index (χ0) is 24.3. The molecule has 1 atom stereocenters. The van der Waals surface area contributed by atoms with Crippen molar-refractivity contribution in [1.82, 2.24) is 9.21 Å². The van der Waals surface area contributed by atoms with E-state index >= 15 is 0 Å². The number of fused-ring (bicyclic) bond motifs is 1. The Bertz CT molecular complexity index is 1220. The standard InChI is InChI=1S/C26H30N2O4S2/c1-19(2)17-27(34(30,31)22-11-9-21(32-3)10-12-22)18-25(29)28-15-13-24-23(14-16-33-24)26(28)20-7-5-4-6-8-20/h4-12,14,16,19,26H,13,15,17-18H2,1-3H3. The minimum absolute atomic E-state index is 0.0653. The first-order valence-electron chi connectivity index (χ1n) is 11.4. The first kappa shape index (κ1) is 24.4. The van der Waals surface area contributed by atoms with E-state index in [-0.39, 0.29) is 35.9 Å². The smallest absolute Gasteiger partial charge is 0.243 e. The molecule has 1 unspecified atom stereocenters. The molecular formula is C26H30N2O4S2. The number of rotatable bonds is 8. The topological polar surface area (TPSA) is 66.9 Å². The Balaban J connectivity index is 1.64. The van der Waals surface area contributed by atoms with E-state index in [1.54, 1.807) is 23.5 Å². The van der Waals surface area contributed by atoms with Gasteiger partial charge in [0.25, 0.3) is 0 Å². The van der Waals surface area contributed by atoms with Crippen molar-refractivity contribution >= 4 is 27.3 Å². The van der Waals surface area contributed by atoms with Gasteiger partial charge in [0.15, 0.2) is 0 Å². The summed E-state index contributed by atoms with van der Waals surface area (Å²) in [7, 11) is -2.32. The zero-order valence-electron chi connectivity index (χ0n) is 19.7. The number of nitrogens with zero attached hydrogens (tertiary/aromatic N) is 2. The average molecular weight is 499 g/mol. The van der Waals surface area contributed by atoms with Crippen molar-refractivity contribution in [2.24, 2.45) is 5.92 Å². The Hall–Kier alpha value is -2.68. The van der Waals surface area contributed by atoms with Crippen molar-refractivity contribution in [3.05, 3.63) is 82.0 Å². The Kier molecular flexibility index (Phi) is 7.40. The van der Waals surface area contributed by atoms with Crippen molar-refractivity contribution in [2.45, 2.75) is 31.2 Å². The Labute approximate surface area is 205 Å². The van der Waals surface area contributed by atoms with Crippen LogP contribution >= 0.6 is 11.3 Å². The summed E-state index contributed by atoms with van der Waals surface area (Å²) >= 11 is 1.71. The molecule has 0 radical (unpaired) electrons. The fourth-order valence-electron chi connectivity index (χ4n) is 4.37. The van der Waals surface area contributed by atoms with Crippen LogP contribution in [0.1, 0.15) is 35.9 Å². The number of hydrogen-bond acceptors (Lipinski definition) is 5. The van der Waals surface area contributed by atoms with E-state index in [1.165, 1.54) is 28.4 Å². The molecular weight excluding hydrogens is 468 g/mol. The van der Waals surface area contributed by atoms with Gasteiger partial charge in [-0.1, -0.05) is 44.2 Å². The molecule has 8 heteroatoms. The van der Waals surface area contributed by atoms with Crippen LogP contribution in [0.15, 0.2) is 70.9 Å². The number of thiophene rings is 1. The van der Waals surface area contributed by atoms with Crippen molar-refractivity contribution in [1.29, 1.82) is 0 Å². The van der Waals surface area contributed by atoms with Crippen LogP contribution in [0.4, 0.5) is 0 Å². The van der Waals surface area contributed by atoms with Gasteiger partial charge >= 0.3 is 0 Å². The minimum atomic E-state index is -3.85. The monoisotopic (exact) mass is 498 g/mol. The summed E-state index contributed by atoms with van der Waals surface area (Å²) in [5.74, 6) is 0.454. The molecule has 0 aliphatic carbocycles. The molecule has 0 bridgehead atoms. The molecule has 3 aromatic rings. The third kappa shape index (κ3) is 5.04. The molecule has 0 N–H and O–H groups in total. The molecule has 1 aliphatic rings. The lowest BCUT2D eigenvalue weighted by Gasteiger charge is -2.37. The first-order chi connectivity index (χ1) is 16.3. The van der Waals surface area contributed by atoms with Crippen LogP contribution in [0.2, 0.25) is 0 Å². The minimum Gasteiger partial charge on any atom is -0.497 e. The van der Waals surface area contributed by atoms with E-state index < -0.39 is 10.0 Å². The zero-order valence-corrected chi connectivity index (χ0v) is 21.3. The number of carbonyl (C=O) groups is 1. The molecule has 0 spiro atoms. The van der Waals surface area contributed by atoms with E-state index in [1.807, 2.05) is 49.1 Å². The van der Waals surface area contributed by atoms with Gasteiger partial charge in [-0.05, 0) is 59.2 Å². The quantitative estimate of drug-likeness (QED) is 0.456. The number of methoxy groups -OCH3 is 1. The number of sulfonamides is 1. The number of hydrogen-bond donors (Lipinski definition) is 0. The maximum Gasteiger partial charge on any atom is 0.243 e. The summed E-state index contributed by atoms with van der Waals surface area (Å²) < 4.78 is 33.5. The van der Waals surface area contributed by atoms with Crippen molar-refractivity contribution in [3.63, 3.8) is 0 Å². The second-order valence-electron chi connectivity index (χ2n) is 8.82. The van der Waals surface area contributed by atoms with Crippen molar-refractivity contribution < 1.29 is 17.9 Å². The van der Waals surface area contributed by atoms with Gasteiger partial charge in [0, 0.05) is 18.0 Å². The van der Waals surface area contributed by atoms with Gasteiger partial charge in [0.05, 0.1) is 24.6 Å². The van der Waals surface area contributed by atoms with Gasteiger partial charge in [-0.3, -0.25) is 4.79 Å². The second-order valence-corrected chi connectivity index (χ2v) is 11.8. The molecule has 4 rings (SSSR count). The van der Waals surface area contributed by atoms with E-state index in [9.17, 15) is 13.2 Å². The second kappa shape index (κ2) is 10.3. The molecule has 6 nitrogen and oxygen atoms in total. The molecule has 1 aromatic heterocycles. The van der Waals surface area contributed by atoms with Gasteiger partial charge in [-0.25, -0.2) is 8.42 Å². The molecule has 34 heavy (non-hydrogen) atoms. The van der Waals surface area contributed by atoms with E-state index in [0.717, 1.165) is 17.5 Å². The molecule has 1 amide bonds. The largest absolute Gasteiger partial charge is 0.497 e. The van der Waals surface area contributed by atoms with Crippen LogP contribution in [0.25, 0.3) is 0 Å². The predicted molar refractivity (Wildman–Crippen MR) is 135 cm³/mol. The molecule has 180 valence electrons. The summed E-state index contributed by atoms with van der Waals surface area (Å²) in [5.41, 5.74) is 2.16. The average Bonchev–Trinajstić information content (AvgIpc) is 3.32. The van der Waals surface area contributed by atoms with Crippen LogP contribution in [0.3, 0.4) is 0 Å². The van der Waals surface area contributed by atoms with Gasteiger partial charge in [-0.2, -0.15) is 4.31 Å². The van der Waals surface area contributed by atoms with E-state index in [4.69, 9.17) is 4.74 Å². The highest BCUT2D eigenvalue weighted by Crippen LogP contribution is 2.38.